The van der Waals surface area contributed by atoms with Crippen molar-refractivity contribution < 1.29 is 17.9 Å². The van der Waals surface area contributed by atoms with Gasteiger partial charge in [-0.05, 0) is 17.9 Å². The van der Waals surface area contributed by atoms with Gasteiger partial charge in [0.05, 0.1) is 25.6 Å². The highest BCUT2D eigenvalue weighted by Gasteiger charge is 2.20. The molecule has 0 aliphatic carbocycles. The van der Waals surface area contributed by atoms with Gasteiger partial charge in [-0.3, -0.25) is 0 Å². The Bertz CT molecular complexity index is 502. The van der Waals surface area contributed by atoms with E-state index in [4.69, 9.17) is 9.47 Å². The van der Waals surface area contributed by atoms with Crippen LogP contribution in [-0.4, -0.2) is 41.1 Å². The quantitative estimate of drug-likeness (QED) is 0.633. The lowest BCUT2D eigenvalue weighted by atomic mass is 9.98. The first-order chi connectivity index (χ1) is 10.4. The van der Waals surface area contributed by atoms with E-state index in [2.05, 4.69) is 18.6 Å². The first-order valence-corrected chi connectivity index (χ1v) is 9.21. The number of nitrogens with one attached hydrogen (secondary N) is 1. The van der Waals surface area contributed by atoms with E-state index in [0.29, 0.717) is 19.1 Å². The van der Waals surface area contributed by atoms with Crippen LogP contribution in [0.2, 0.25) is 0 Å². The SMILES string of the molecule is COCCOCCS(=O)(=O)N[C@H](CC(C)C)c1ccccc1. The maximum atomic E-state index is 12.2. The van der Waals surface area contributed by atoms with Gasteiger partial charge in [-0.25, -0.2) is 13.1 Å². The summed E-state index contributed by atoms with van der Waals surface area (Å²) in [5, 5.41) is 0. The van der Waals surface area contributed by atoms with Crippen LogP contribution in [-0.2, 0) is 19.5 Å². The molecule has 0 fully saturated rings. The summed E-state index contributed by atoms with van der Waals surface area (Å²) in [4.78, 5) is 0. The number of hydrogen-bond donors (Lipinski definition) is 1. The number of sulfonamides is 1. The van der Waals surface area contributed by atoms with Crippen LogP contribution < -0.4 is 4.72 Å². The van der Waals surface area contributed by atoms with Gasteiger partial charge in [-0.2, -0.15) is 0 Å². The normalized spacial score (nSPS) is 13.5. The Morgan fingerprint density at radius 1 is 1.09 bits per heavy atom. The predicted octanol–water partition coefficient (Wildman–Crippen LogP) is 2.36. The van der Waals surface area contributed by atoms with Gasteiger partial charge < -0.3 is 9.47 Å². The maximum Gasteiger partial charge on any atom is 0.214 e. The molecule has 0 aliphatic rings. The second-order valence-corrected chi connectivity index (χ2v) is 7.51. The summed E-state index contributed by atoms with van der Waals surface area (Å²) in [6.07, 6.45) is 0.758. The van der Waals surface area contributed by atoms with Crippen molar-refractivity contribution in [3.05, 3.63) is 35.9 Å². The number of benzene rings is 1. The lowest BCUT2D eigenvalue weighted by Gasteiger charge is -2.21. The van der Waals surface area contributed by atoms with Crippen LogP contribution in [0.15, 0.2) is 30.3 Å². The van der Waals surface area contributed by atoms with Gasteiger partial charge in [0.1, 0.15) is 0 Å². The Balaban J connectivity index is 2.60. The zero-order valence-electron chi connectivity index (χ0n) is 13.6. The summed E-state index contributed by atoms with van der Waals surface area (Å²) >= 11 is 0. The van der Waals surface area contributed by atoms with Gasteiger partial charge in [0.2, 0.25) is 10.0 Å². The molecule has 0 heterocycles. The molecule has 0 saturated heterocycles. The van der Waals surface area contributed by atoms with E-state index in [1.807, 2.05) is 30.3 Å². The average molecular weight is 329 g/mol. The Labute approximate surface area is 134 Å². The van der Waals surface area contributed by atoms with Gasteiger partial charge in [0, 0.05) is 13.2 Å². The molecule has 1 aromatic rings. The smallest absolute Gasteiger partial charge is 0.214 e. The molecular weight excluding hydrogens is 302 g/mol. The average Bonchev–Trinajstić information content (AvgIpc) is 2.46. The molecule has 1 atom stereocenters. The van der Waals surface area contributed by atoms with Crippen molar-refractivity contribution in [2.75, 3.05) is 32.7 Å². The Morgan fingerprint density at radius 2 is 1.77 bits per heavy atom. The molecule has 0 spiro atoms. The zero-order chi connectivity index (χ0) is 16.4. The largest absolute Gasteiger partial charge is 0.382 e. The third-order valence-electron chi connectivity index (χ3n) is 3.16. The van der Waals surface area contributed by atoms with Crippen LogP contribution in [0.5, 0.6) is 0 Å². The molecule has 5 nitrogen and oxygen atoms in total. The maximum absolute atomic E-state index is 12.2. The van der Waals surface area contributed by atoms with Crippen LogP contribution in [0.4, 0.5) is 0 Å². The van der Waals surface area contributed by atoms with Gasteiger partial charge in [-0.15, -0.1) is 0 Å². The van der Waals surface area contributed by atoms with E-state index in [1.165, 1.54) is 0 Å². The van der Waals surface area contributed by atoms with Gasteiger partial charge in [0.15, 0.2) is 0 Å². The lowest BCUT2D eigenvalue weighted by Crippen LogP contribution is -2.33. The molecule has 0 amide bonds. The summed E-state index contributed by atoms with van der Waals surface area (Å²) in [6.45, 7) is 5.20. The minimum Gasteiger partial charge on any atom is -0.382 e. The molecule has 0 radical (unpaired) electrons. The molecule has 1 rings (SSSR count). The fraction of sp³-hybridized carbons (Fsp3) is 0.625. The van der Waals surface area contributed by atoms with Gasteiger partial charge in [-0.1, -0.05) is 44.2 Å². The second-order valence-electron chi connectivity index (χ2n) is 5.63. The standard InChI is InChI=1S/C16H27NO4S/c1-14(2)13-16(15-7-5-4-6-8-15)17-22(18,19)12-11-21-10-9-20-3/h4-8,14,16-17H,9-13H2,1-3H3/t16-/m1/s1. The molecule has 0 bridgehead atoms. The van der Waals surface area contributed by atoms with Crippen LogP contribution in [0.3, 0.4) is 0 Å². The van der Waals surface area contributed by atoms with E-state index in [-0.39, 0.29) is 18.4 Å². The Hall–Kier alpha value is -0.950. The Kier molecular flexibility index (Phi) is 8.63. The molecular formula is C16H27NO4S. The fourth-order valence-electron chi connectivity index (χ4n) is 2.10. The van der Waals surface area contributed by atoms with Gasteiger partial charge >= 0.3 is 0 Å². The summed E-state index contributed by atoms with van der Waals surface area (Å²) in [5.74, 6) is 0.351. The highest BCUT2D eigenvalue weighted by Crippen LogP contribution is 2.22. The number of methoxy groups -OCH3 is 1. The summed E-state index contributed by atoms with van der Waals surface area (Å²) < 4.78 is 37.3. The molecule has 0 aliphatic heterocycles. The van der Waals surface area contributed by atoms with Crippen LogP contribution in [0.1, 0.15) is 31.9 Å². The first kappa shape index (κ1) is 19.1. The number of ether oxygens (including phenoxy) is 2. The van der Waals surface area contributed by atoms with E-state index < -0.39 is 10.0 Å². The summed E-state index contributed by atoms with van der Waals surface area (Å²) in [5.41, 5.74) is 0.986. The van der Waals surface area contributed by atoms with Crippen molar-refractivity contribution >= 4 is 10.0 Å². The minimum absolute atomic E-state index is 0.0435. The van der Waals surface area contributed by atoms with E-state index in [1.54, 1.807) is 7.11 Å². The molecule has 0 saturated carbocycles. The van der Waals surface area contributed by atoms with Crippen molar-refractivity contribution in [2.45, 2.75) is 26.3 Å². The van der Waals surface area contributed by atoms with Crippen LogP contribution in [0.25, 0.3) is 0 Å². The molecule has 22 heavy (non-hydrogen) atoms. The fourth-order valence-corrected chi connectivity index (χ4v) is 3.22. The topological polar surface area (TPSA) is 64.6 Å². The van der Waals surface area contributed by atoms with Crippen molar-refractivity contribution in [3.63, 3.8) is 0 Å². The molecule has 0 aromatic heterocycles. The van der Waals surface area contributed by atoms with Crippen molar-refractivity contribution in [2.24, 2.45) is 5.92 Å². The highest BCUT2D eigenvalue weighted by atomic mass is 32.2. The molecule has 126 valence electrons. The van der Waals surface area contributed by atoms with Crippen LogP contribution in [0, 0.1) is 5.92 Å². The minimum atomic E-state index is -3.38. The number of hydrogen-bond acceptors (Lipinski definition) is 4. The van der Waals surface area contributed by atoms with Gasteiger partial charge in [0.25, 0.3) is 0 Å². The van der Waals surface area contributed by atoms with Crippen molar-refractivity contribution in [3.8, 4) is 0 Å². The van der Waals surface area contributed by atoms with E-state index >= 15 is 0 Å². The lowest BCUT2D eigenvalue weighted by molar-refractivity contribution is 0.0784. The predicted molar refractivity (Wildman–Crippen MR) is 88.3 cm³/mol. The zero-order valence-corrected chi connectivity index (χ0v) is 14.4. The third kappa shape index (κ3) is 7.89. The molecule has 0 unspecified atom stereocenters. The Morgan fingerprint density at radius 3 is 2.36 bits per heavy atom. The molecule has 6 heteroatoms. The first-order valence-electron chi connectivity index (χ1n) is 7.56. The third-order valence-corrected chi connectivity index (χ3v) is 4.51. The number of rotatable bonds is 11. The highest BCUT2D eigenvalue weighted by molar-refractivity contribution is 7.89. The van der Waals surface area contributed by atoms with E-state index in [0.717, 1.165) is 12.0 Å². The molecule has 1 aromatic carbocycles. The summed E-state index contributed by atoms with van der Waals surface area (Å²) in [6, 6.07) is 9.46. The van der Waals surface area contributed by atoms with Crippen molar-refractivity contribution in [1.29, 1.82) is 0 Å². The summed E-state index contributed by atoms with van der Waals surface area (Å²) in [7, 11) is -1.80. The van der Waals surface area contributed by atoms with E-state index in [9.17, 15) is 8.42 Å². The monoisotopic (exact) mass is 329 g/mol. The van der Waals surface area contributed by atoms with Crippen molar-refractivity contribution in [1.82, 2.24) is 4.72 Å². The second kappa shape index (κ2) is 9.94. The van der Waals surface area contributed by atoms with Crippen LogP contribution >= 0.6 is 0 Å². The molecule has 1 N–H and O–H groups in total.